The third-order valence-electron chi connectivity index (χ3n) is 3.40. The fourth-order valence-electron chi connectivity index (χ4n) is 2.59. The zero-order chi connectivity index (χ0) is 12.3. The highest BCUT2D eigenvalue weighted by molar-refractivity contribution is 5.54. The first-order chi connectivity index (χ1) is 8.20. The van der Waals surface area contributed by atoms with Gasteiger partial charge < -0.3 is 15.5 Å². The second kappa shape index (κ2) is 5.52. The van der Waals surface area contributed by atoms with Gasteiger partial charge in [0.2, 0.25) is 0 Å². The maximum absolute atomic E-state index is 3.55. The summed E-state index contributed by atoms with van der Waals surface area (Å²) in [6, 6.07) is 7.28. The Kier molecular flexibility index (Phi) is 4.02. The lowest BCUT2D eigenvalue weighted by Crippen LogP contribution is -2.54. The molecule has 94 valence electrons. The topological polar surface area (TPSA) is 27.3 Å². The Morgan fingerprint density at radius 2 is 2.24 bits per heavy atom. The highest BCUT2D eigenvalue weighted by Gasteiger charge is 2.19. The highest BCUT2D eigenvalue weighted by atomic mass is 15.2. The molecule has 1 heterocycles. The largest absolute Gasteiger partial charge is 0.368 e. The molecule has 0 bridgehead atoms. The van der Waals surface area contributed by atoms with E-state index in [1.807, 2.05) is 7.05 Å². The van der Waals surface area contributed by atoms with Crippen LogP contribution < -0.4 is 15.5 Å². The summed E-state index contributed by atoms with van der Waals surface area (Å²) in [4.78, 5) is 2.49. The minimum Gasteiger partial charge on any atom is -0.368 e. The van der Waals surface area contributed by atoms with Crippen molar-refractivity contribution in [2.75, 3.05) is 38.1 Å². The Morgan fingerprint density at radius 1 is 1.41 bits per heavy atom. The Morgan fingerprint density at radius 3 is 2.94 bits per heavy atom. The number of aryl methyl sites for hydroxylation is 2. The number of nitrogens with zero attached hydrogens (tertiary/aromatic N) is 1. The van der Waals surface area contributed by atoms with Gasteiger partial charge in [-0.1, -0.05) is 17.7 Å². The van der Waals surface area contributed by atoms with Crippen LogP contribution in [-0.2, 0) is 0 Å². The molecule has 0 saturated carbocycles. The van der Waals surface area contributed by atoms with Gasteiger partial charge in [-0.3, -0.25) is 0 Å². The van der Waals surface area contributed by atoms with E-state index in [0.29, 0.717) is 6.04 Å². The van der Waals surface area contributed by atoms with Crippen molar-refractivity contribution in [1.82, 2.24) is 10.6 Å². The maximum atomic E-state index is 3.55. The van der Waals surface area contributed by atoms with Gasteiger partial charge in [-0.15, -0.1) is 0 Å². The summed E-state index contributed by atoms with van der Waals surface area (Å²) in [6.07, 6.45) is 0. The molecule has 0 aromatic heterocycles. The smallest absolute Gasteiger partial charge is 0.0397 e. The number of benzene rings is 1. The zero-order valence-corrected chi connectivity index (χ0v) is 11.1. The van der Waals surface area contributed by atoms with Gasteiger partial charge in [0.1, 0.15) is 0 Å². The van der Waals surface area contributed by atoms with E-state index in [2.05, 4.69) is 47.6 Å². The van der Waals surface area contributed by atoms with Crippen LogP contribution in [0.15, 0.2) is 18.2 Å². The van der Waals surface area contributed by atoms with Crippen molar-refractivity contribution in [2.24, 2.45) is 0 Å². The predicted molar refractivity (Wildman–Crippen MR) is 73.8 cm³/mol. The number of hydrogen-bond donors (Lipinski definition) is 2. The average molecular weight is 233 g/mol. The molecule has 1 saturated heterocycles. The first kappa shape index (κ1) is 12.4. The van der Waals surface area contributed by atoms with E-state index >= 15 is 0 Å². The summed E-state index contributed by atoms with van der Waals surface area (Å²) < 4.78 is 0. The average Bonchev–Trinajstić information content (AvgIpc) is 2.29. The van der Waals surface area contributed by atoms with E-state index in [1.54, 1.807) is 0 Å². The van der Waals surface area contributed by atoms with Crippen molar-refractivity contribution >= 4 is 5.69 Å². The molecule has 0 radical (unpaired) electrons. The summed E-state index contributed by atoms with van der Waals surface area (Å²) in [7, 11) is 2.01. The van der Waals surface area contributed by atoms with Crippen LogP contribution in [0.4, 0.5) is 5.69 Å². The molecule has 17 heavy (non-hydrogen) atoms. The van der Waals surface area contributed by atoms with Gasteiger partial charge in [0.15, 0.2) is 0 Å². The summed E-state index contributed by atoms with van der Waals surface area (Å²) in [5.74, 6) is 0. The lowest BCUT2D eigenvalue weighted by molar-refractivity contribution is 0.443. The van der Waals surface area contributed by atoms with Gasteiger partial charge in [0.05, 0.1) is 0 Å². The molecule has 1 unspecified atom stereocenters. The van der Waals surface area contributed by atoms with E-state index in [9.17, 15) is 0 Å². The van der Waals surface area contributed by atoms with Gasteiger partial charge in [-0.05, 0) is 32.5 Å². The second-order valence-corrected chi connectivity index (χ2v) is 4.94. The number of hydrogen-bond acceptors (Lipinski definition) is 3. The van der Waals surface area contributed by atoms with Gasteiger partial charge >= 0.3 is 0 Å². The molecule has 2 N–H and O–H groups in total. The molecular weight excluding hydrogens is 210 g/mol. The number of anilines is 1. The first-order valence-corrected chi connectivity index (χ1v) is 6.41. The van der Waals surface area contributed by atoms with Crippen LogP contribution in [0.1, 0.15) is 11.1 Å². The van der Waals surface area contributed by atoms with E-state index < -0.39 is 0 Å². The maximum Gasteiger partial charge on any atom is 0.0397 e. The van der Waals surface area contributed by atoms with Crippen molar-refractivity contribution in [3.8, 4) is 0 Å². The van der Waals surface area contributed by atoms with Crippen LogP contribution in [0.25, 0.3) is 0 Å². The van der Waals surface area contributed by atoms with E-state index in [4.69, 9.17) is 0 Å². The number of piperazine rings is 1. The van der Waals surface area contributed by atoms with E-state index in [1.165, 1.54) is 16.8 Å². The summed E-state index contributed by atoms with van der Waals surface area (Å²) >= 11 is 0. The highest BCUT2D eigenvalue weighted by Crippen LogP contribution is 2.22. The Bertz CT molecular complexity index is 374. The summed E-state index contributed by atoms with van der Waals surface area (Å²) in [5, 5.41) is 6.79. The minimum absolute atomic E-state index is 0.550. The van der Waals surface area contributed by atoms with Crippen molar-refractivity contribution in [3.63, 3.8) is 0 Å². The molecule has 1 aliphatic heterocycles. The summed E-state index contributed by atoms with van der Waals surface area (Å²) in [6.45, 7) is 8.64. The van der Waals surface area contributed by atoms with Crippen LogP contribution in [0.5, 0.6) is 0 Å². The molecule has 1 aromatic carbocycles. The van der Waals surface area contributed by atoms with Crippen molar-refractivity contribution < 1.29 is 0 Å². The third kappa shape index (κ3) is 2.99. The van der Waals surface area contributed by atoms with Crippen molar-refractivity contribution in [1.29, 1.82) is 0 Å². The molecule has 0 spiro atoms. The zero-order valence-electron chi connectivity index (χ0n) is 11.1. The van der Waals surface area contributed by atoms with Crippen LogP contribution in [0.2, 0.25) is 0 Å². The standard InChI is InChI=1S/C14H23N3/c1-11-4-5-14(12(2)8-11)17-7-6-16-13(10-17)9-15-3/h4-5,8,13,15-16H,6-7,9-10H2,1-3H3. The fraction of sp³-hybridized carbons (Fsp3) is 0.571. The van der Waals surface area contributed by atoms with Gasteiger partial charge in [0.25, 0.3) is 0 Å². The Balaban J connectivity index is 2.10. The van der Waals surface area contributed by atoms with Crippen LogP contribution in [0, 0.1) is 13.8 Å². The Labute approximate surface area is 104 Å². The summed E-state index contributed by atoms with van der Waals surface area (Å²) in [5.41, 5.74) is 4.11. The van der Waals surface area contributed by atoms with E-state index in [-0.39, 0.29) is 0 Å². The van der Waals surface area contributed by atoms with Crippen LogP contribution in [0.3, 0.4) is 0 Å². The molecule has 1 aliphatic rings. The van der Waals surface area contributed by atoms with Crippen LogP contribution >= 0.6 is 0 Å². The minimum atomic E-state index is 0.550. The van der Waals surface area contributed by atoms with Gasteiger partial charge in [0, 0.05) is 37.9 Å². The third-order valence-corrected chi connectivity index (χ3v) is 3.40. The molecule has 0 amide bonds. The number of rotatable bonds is 3. The fourth-order valence-corrected chi connectivity index (χ4v) is 2.59. The van der Waals surface area contributed by atoms with Crippen molar-refractivity contribution in [2.45, 2.75) is 19.9 Å². The van der Waals surface area contributed by atoms with E-state index in [0.717, 1.165) is 26.2 Å². The monoisotopic (exact) mass is 233 g/mol. The lowest BCUT2D eigenvalue weighted by Gasteiger charge is -2.36. The number of nitrogens with one attached hydrogen (secondary N) is 2. The molecule has 1 atom stereocenters. The Hall–Kier alpha value is -1.06. The van der Waals surface area contributed by atoms with Gasteiger partial charge in [-0.2, -0.15) is 0 Å². The predicted octanol–water partition coefficient (Wildman–Crippen LogP) is 1.30. The quantitative estimate of drug-likeness (QED) is 0.824. The molecule has 3 nitrogen and oxygen atoms in total. The number of likely N-dealkylation sites (N-methyl/N-ethyl adjacent to an activating group) is 1. The first-order valence-electron chi connectivity index (χ1n) is 6.41. The molecule has 1 fully saturated rings. The second-order valence-electron chi connectivity index (χ2n) is 4.94. The molecule has 3 heteroatoms. The normalized spacial score (nSPS) is 20.6. The van der Waals surface area contributed by atoms with Crippen molar-refractivity contribution in [3.05, 3.63) is 29.3 Å². The molecular formula is C14H23N3. The molecule has 2 rings (SSSR count). The lowest BCUT2D eigenvalue weighted by atomic mass is 10.1. The molecule has 0 aliphatic carbocycles. The SMILES string of the molecule is CNCC1CN(c2ccc(C)cc2C)CCN1. The molecule has 1 aromatic rings. The van der Waals surface area contributed by atoms with Crippen LogP contribution in [-0.4, -0.2) is 39.3 Å². The van der Waals surface area contributed by atoms with Gasteiger partial charge in [-0.25, -0.2) is 0 Å².